The summed E-state index contributed by atoms with van der Waals surface area (Å²) in [5.41, 5.74) is 4.41. The van der Waals surface area contributed by atoms with E-state index in [0.717, 1.165) is 34.4 Å². The van der Waals surface area contributed by atoms with Crippen LogP contribution in [0.1, 0.15) is 23.2 Å². The Balaban J connectivity index is 1.58. The van der Waals surface area contributed by atoms with Crippen molar-refractivity contribution in [3.8, 4) is 0 Å². The van der Waals surface area contributed by atoms with E-state index in [-0.39, 0.29) is 12.0 Å². The lowest BCUT2D eigenvalue weighted by Crippen LogP contribution is -2.45. The van der Waals surface area contributed by atoms with Crippen molar-refractivity contribution in [1.82, 2.24) is 9.88 Å². The van der Waals surface area contributed by atoms with Gasteiger partial charge in [0.2, 0.25) is 0 Å². The number of esters is 1. The molecule has 2 unspecified atom stereocenters. The van der Waals surface area contributed by atoms with Crippen LogP contribution in [-0.2, 0) is 25.5 Å². The number of allylic oxidation sites excluding steroid dienone is 2. The Bertz CT molecular complexity index is 1270. The summed E-state index contributed by atoms with van der Waals surface area (Å²) in [6.07, 6.45) is 10.4. The van der Waals surface area contributed by atoms with Crippen LogP contribution in [0.2, 0.25) is 0 Å². The van der Waals surface area contributed by atoms with Gasteiger partial charge in [0.1, 0.15) is 10.4 Å². The van der Waals surface area contributed by atoms with Gasteiger partial charge in [-0.1, -0.05) is 85.2 Å². The first-order valence-electron chi connectivity index (χ1n) is 11.4. The van der Waals surface area contributed by atoms with Crippen LogP contribution in [0.15, 0.2) is 83.9 Å². The van der Waals surface area contributed by atoms with Crippen LogP contribution in [0.3, 0.4) is 0 Å². The Morgan fingerprint density at radius 3 is 2.69 bits per heavy atom. The molecule has 1 aromatic carbocycles. The van der Waals surface area contributed by atoms with E-state index in [4.69, 9.17) is 21.7 Å². The Labute approximate surface area is 220 Å². The minimum atomic E-state index is -0.840. The summed E-state index contributed by atoms with van der Waals surface area (Å²) in [4.78, 5) is 32.3. The van der Waals surface area contributed by atoms with Crippen LogP contribution >= 0.6 is 24.0 Å². The molecule has 1 aliphatic carbocycles. The second-order valence-corrected chi connectivity index (χ2v) is 9.87. The first-order chi connectivity index (χ1) is 17.5. The van der Waals surface area contributed by atoms with Crippen LogP contribution in [0.25, 0.3) is 11.6 Å². The van der Waals surface area contributed by atoms with E-state index in [2.05, 4.69) is 17.6 Å². The molecular weight excluding hydrogens is 492 g/mol. The van der Waals surface area contributed by atoms with Crippen molar-refractivity contribution in [2.24, 2.45) is 0 Å². The predicted octanol–water partition coefficient (Wildman–Crippen LogP) is 4.98. The normalized spacial score (nSPS) is 19.7. The number of thioether (sulfide) groups is 1. The van der Waals surface area contributed by atoms with Gasteiger partial charge in [0.05, 0.1) is 23.8 Å². The largest absolute Gasteiger partial charge is 0.467 e. The Kier molecular flexibility index (Phi) is 8.30. The highest BCUT2D eigenvalue weighted by atomic mass is 32.2. The Hall–Kier alpha value is -3.33. The maximum absolute atomic E-state index is 13.3. The lowest BCUT2D eigenvalue weighted by Gasteiger charge is -2.24. The number of methoxy groups -OCH3 is 2. The molecule has 2 heterocycles. The fraction of sp³-hybridized carbons (Fsp3) is 0.214. The van der Waals surface area contributed by atoms with Crippen molar-refractivity contribution < 1.29 is 19.1 Å². The number of thiocarbonyl (C=S) groups is 1. The molecule has 0 radical (unpaired) electrons. The number of amides is 1. The third-order valence-corrected chi connectivity index (χ3v) is 7.37. The predicted molar refractivity (Wildman–Crippen MR) is 147 cm³/mol. The molecule has 1 aromatic heterocycles. The molecule has 0 saturated carbocycles. The Morgan fingerprint density at radius 1 is 1.28 bits per heavy atom. The van der Waals surface area contributed by atoms with E-state index in [1.807, 2.05) is 48.5 Å². The number of aromatic nitrogens is 1. The molecule has 0 N–H and O–H groups in total. The maximum atomic E-state index is 13.3. The highest BCUT2D eigenvalue weighted by Gasteiger charge is 2.41. The van der Waals surface area contributed by atoms with Gasteiger partial charge in [0, 0.05) is 25.3 Å². The van der Waals surface area contributed by atoms with E-state index in [1.54, 1.807) is 25.5 Å². The first kappa shape index (κ1) is 25.8. The number of hydrogen-bond donors (Lipinski definition) is 0. The maximum Gasteiger partial charge on any atom is 0.329 e. The van der Waals surface area contributed by atoms with E-state index in [9.17, 15) is 9.59 Å². The van der Waals surface area contributed by atoms with Gasteiger partial charge in [0.25, 0.3) is 5.91 Å². The average molecular weight is 519 g/mol. The zero-order chi connectivity index (χ0) is 25.7. The number of pyridine rings is 1. The van der Waals surface area contributed by atoms with Crippen molar-refractivity contribution in [3.63, 3.8) is 0 Å². The van der Waals surface area contributed by atoms with Crippen LogP contribution in [0.5, 0.6) is 0 Å². The monoisotopic (exact) mass is 518 g/mol. The molecule has 36 heavy (non-hydrogen) atoms. The van der Waals surface area contributed by atoms with E-state index in [0.29, 0.717) is 15.6 Å². The highest BCUT2D eigenvalue weighted by molar-refractivity contribution is 8.26. The van der Waals surface area contributed by atoms with Gasteiger partial charge in [-0.15, -0.1) is 0 Å². The van der Waals surface area contributed by atoms with Crippen molar-refractivity contribution in [3.05, 3.63) is 101 Å². The van der Waals surface area contributed by atoms with Gasteiger partial charge in [-0.25, -0.2) is 4.79 Å². The summed E-state index contributed by atoms with van der Waals surface area (Å²) in [6, 6.07) is 12.4. The molecular formula is C28H26N2O4S2. The van der Waals surface area contributed by atoms with E-state index < -0.39 is 12.0 Å². The average Bonchev–Trinajstić information content (AvgIpc) is 3.19. The molecule has 184 valence electrons. The summed E-state index contributed by atoms with van der Waals surface area (Å²) in [7, 11) is 2.99. The molecule has 0 bridgehead atoms. The third kappa shape index (κ3) is 5.41. The topological polar surface area (TPSA) is 68.7 Å². The van der Waals surface area contributed by atoms with E-state index in [1.165, 1.54) is 23.8 Å². The van der Waals surface area contributed by atoms with Gasteiger partial charge < -0.3 is 9.47 Å². The molecule has 2 aliphatic rings. The number of rotatable bonds is 8. The standard InChI is InChI=1S/C28H26N2O4S2/c1-4-20-21(11-8-12-24(20)33-2)22-14-13-19(17-29-22)16-25-26(31)30(28(35)36-25)23(27(32)34-3)15-18-9-6-5-7-10-18/h4-11,13-14,16-17,23-24H,1,12,15H2,2-3H3. The third-order valence-electron chi connectivity index (χ3n) is 6.04. The molecule has 1 fully saturated rings. The second kappa shape index (κ2) is 11.6. The zero-order valence-corrected chi connectivity index (χ0v) is 21.7. The van der Waals surface area contributed by atoms with Crippen LogP contribution in [0.4, 0.5) is 0 Å². The summed E-state index contributed by atoms with van der Waals surface area (Å²) < 4.78 is 10.9. The summed E-state index contributed by atoms with van der Waals surface area (Å²) >= 11 is 6.66. The lowest BCUT2D eigenvalue weighted by molar-refractivity contribution is -0.148. The highest BCUT2D eigenvalue weighted by Crippen LogP contribution is 2.35. The minimum absolute atomic E-state index is 0.0516. The lowest BCUT2D eigenvalue weighted by atomic mass is 9.92. The Morgan fingerprint density at radius 2 is 2.06 bits per heavy atom. The fourth-order valence-corrected chi connectivity index (χ4v) is 5.56. The first-order valence-corrected chi connectivity index (χ1v) is 12.6. The number of benzene rings is 1. The summed E-state index contributed by atoms with van der Waals surface area (Å²) in [5.74, 6) is -0.834. The van der Waals surface area contributed by atoms with Gasteiger partial charge in [-0.2, -0.15) is 0 Å². The van der Waals surface area contributed by atoms with Crippen molar-refractivity contribution >= 4 is 51.8 Å². The quantitative estimate of drug-likeness (QED) is 0.277. The molecule has 1 aliphatic heterocycles. The van der Waals surface area contributed by atoms with Gasteiger partial charge in [-0.05, 0) is 35.3 Å². The molecule has 1 amide bonds. The van der Waals surface area contributed by atoms with Gasteiger partial charge in [0.15, 0.2) is 0 Å². The second-order valence-electron chi connectivity index (χ2n) is 8.19. The van der Waals surface area contributed by atoms with Crippen LogP contribution < -0.4 is 0 Å². The van der Waals surface area contributed by atoms with E-state index >= 15 is 0 Å². The number of hydrogen-bond acceptors (Lipinski definition) is 7. The molecule has 2 atom stereocenters. The SMILES string of the molecule is C=CC1=C(c2ccc(C=C3SC(=S)N(C(Cc4ccccc4)C(=O)OC)C3=O)cn2)C=CCC1OC. The van der Waals surface area contributed by atoms with Crippen molar-refractivity contribution in [2.45, 2.75) is 25.0 Å². The molecule has 2 aromatic rings. The molecule has 8 heteroatoms. The van der Waals surface area contributed by atoms with Crippen molar-refractivity contribution in [2.75, 3.05) is 14.2 Å². The molecule has 0 spiro atoms. The van der Waals surface area contributed by atoms with Gasteiger partial charge >= 0.3 is 5.97 Å². The minimum Gasteiger partial charge on any atom is -0.467 e. The zero-order valence-electron chi connectivity index (χ0n) is 20.0. The number of nitrogens with zero attached hydrogens (tertiary/aromatic N) is 2. The van der Waals surface area contributed by atoms with Crippen LogP contribution in [-0.4, -0.2) is 52.4 Å². The number of ether oxygens (including phenoxy) is 2. The molecule has 6 nitrogen and oxygen atoms in total. The molecule has 4 rings (SSSR count). The van der Waals surface area contributed by atoms with Crippen molar-refractivity contribution in [1.29, 1.82) is 0 Å². The summed E-state index contributed by atoms with van der Waals surface area (Å²) in [6.45, 7) is 3.93. The van der Waals surface area contributed by atoms with Gasteiger partial charge in [-0.3, -0.25) is 14.7 Å². The number of carbonyl (C=O) groups is 2. The van der Waals surface area contributed by atoms with Crippen LogP contribution in [0, 0.1) is 0 Å². The fourth-order valence-electron chi connectivity index (χ4n) is 4.21. The number of carbonyl (C=O) groups excluding carboxylic acids is 2. The molecule has 1 saturated heterocycles. The smallest absolute Gasteiger partial charge is 0.329 e. The summed E-state index contributed by atoms with van der Waals surface area (Å²) in [5, 5.41) is 0.